The molecule has 0 bridgehead atoms. The fourth-order valence-electron chi connectivity index (χ4n) is 4.53. The molecule has 4 rings (SSSR count). The van der Waals surface area contributed by atoms with Crippen LogP contribution in [0.3, 0.4) is 0 Å². The molecule has 2 heterocycles. The van der Waals surface area contributed by atoms with Crippen LogP contribution in [0.25, 0.3) is 0 Å². The van der Waals surface area contributed by atoms with E-state index in [0.717, 1.165) is 0 Å². The minimum Gasteiger partial charge on any atom is -0.487 e. The maximum atomic E-state index is 13.7. The number of carbonyl (C=O) groups is 2. The van der Waals surface area contributed by atoms with E-state index in [4.69, 9.17) is 9.26 Å². The van der Waals surface area contributed by atoms with Crippen LogP contribution in [-0.2, 0) is 10.0 Å². The molecule has 2 aromatic carbocycles. The van der Waals surface area contributed by atoms with Gasteiger partial charge in [0.1, 0.15) is 23.2 Å². The number of aliphatic hydroxyl groups is 1. The summed E-state index contributed by atoms with van der Waals surface area (Å²) in [5.74, 6) is 0.0901. The van der Waals surface area contributed by atoms with E-state index in [2.05, 4.69) is 15.2 Å². The molecule has 1 aliphatic rings. The molecule has 220 valence electrons. The zero-order chi connectivity index (χ0) is 29.9. The number of ether oxygens (including phenoxy) is 1. The molecule has 0 saturated heterocycles. The standard InChI is InChI=1S/C28H35N5O7S/c1-17-14-33(18(2)16-34)27(35)23-13-21(31-41(37,38)22-9-7-6-8-10-22)11-12-24(23)39-25(17)15-32(5)28(36)29-26-19(3)30-40-20(26)4/h6-13,17-18,25,31,34H,14-16H2,1-5H3,(H,29,36)/t17-,18-,25-/m0/s1. The Morgan fingerprint density at radius 1 is 1.22 bits per heavy atom. The number of sulfonamides is 1. The molecule has 3 N–H and O–H groups in total. The van der Waals surface area contributed by atoms with Gasteiger partial charge in [0, 0.05) is 25.2 Å². The lowest BCUT2D eigenvalue weighted by molar-refractivity contribution is 0.0371. The molecule has 0 radical (unpaired) electrons. The Hall–Kier alpha value is -4.10. The van der Waals surface area contributed by atoms with E-state index in [0.29, 0.717) is 17.1 Å². The number of hydrogen-bond acceptors (Lipinski definition) is 8. The Morgan fingerprint density at radius 2 is 1.93 bits per heavy atom. The normalized spacial score (nSPS) is 18.0. The van der Waals surface area contributed by atoms with E-state index in [1.165, 1.54) is 35.2 Å². The van der Waals surface area contributed by atoms with Gasteiger partial charge >= 0.3 is 6.03 Å². The quantitative estimate of drug-likeness (QED) is 0.363. The summed E-state index contributed by atoms with van der Waals surface area (Å²) in [6.07, 6.45) is -0.539. The Labute approximate surface area is 239 Å². The zero-order valence-corrected chi connectivity index (χ0v) is 24.4. The van der Waals surface area contributed by atoms with Crippen LogP contribution in [0.4, 0.5) is 16.2 Å². The van der Waals surface area contributed by atoms with Gasteiger partial charge in [-0.3, -0.25) is 9.52 Å². The van der Waals surface area contributed by atoms with Crippen LogP contribution in [0, 0.1) is 19.8 Å². The summed E-state index contributed by atoms with van der Waals surface area (Å²) in [4.78, 5) is 29.7. The van der Waals surface area contributed by atoms with Crippen molar-refractivity contribution in [3.05, 3.63) is 65.5 Å². The van der Waals surface area contributed by atoms with Crippen molar-refractivity contribution in [2.24, 2.45) is 5.92 Å². The Balaban J connectivity index is 1.62. The maximum absolute atomic E-state index is 13.7. The third-order valence-corrected chi connectivity index (χ3v) is 8.43. The number of nitrogens with one attached hydrogen (secondary N) is 2. The molecule has 0 unspecified atom stereocenters. The topological polar surface area (TPSA) is 154 Å². The molecule has 12 nitrogen and oxygen atoms in total. The minimum atomic E-state index is -3.90. The summed E-state index contributed by atoms with van der Waals surface area (Å²) in [5, 5.41) is 16.6. The molecule has 0 spiro atoms. The van der Waals surface area contributed by atoms with Gasteiger partial charge in [0.2, 0.25) is 0 Å². The van der Waals surface area contributed by atoms with E-state index >= 15 is 0 Å². The van der Waals surface area contributed by atoms with Crippen LogP contribution < -0.4 is 14.8 Å². The lowest BCUT2D eigenvalue weighted by atomic mass is 9.99. The molecule has 0 fully saturated rings. The zero-order valence-electron chi connectivity index (χ0n) is 23.6. The predicted molar refractivity (Wildman–Crippen MR) is 152 cm³/mol. The van der Waals surface area contributed by atoms with E-state index in [1.807, 2.05) is 6.92 Å². The predicted octanol–water partition coefficient (Wildman–Crippen LogP) is 3.48. The van der Waals surface area contributed by atoms with Gasteiger partial charge in [0.05, 0.1) is 29.7 Å². The number of likely N-dealkylation sites (N-methyl/N-ethyl adjacent to an activating group) is 1. The van der Waals surface area contributed by atoms with Crippen molar-refractivity contribution in [1.29, 1.82) is 0 Å². The number of carbonyl (C=O) groups excluding carboxylic acids is 2. The molecule has 13 heteroatoms. The molecule has 41 heavy (non-hydrogen) atoms. The van der Waals surface area contributed by atoms with Gasteiger partial charge in [0.15, 0.2) is 5.76 Å². The first-order valence-corrected chi connectivity index (χ1v) is 14.6. The van der Waals surface area contributed by atoms with Crippen molar-refractivity contribution < 1.29 is 32.4 Å². The SMILES string of the molecule is Cc1noc(C)c1NC(=O)N(C)C[C@@H]1Oc2ccc(NS(=O)(=O)c3ccccc3)cc2C(=O)N([C@@H](C)CO)C[C@@H]1C. The van der Waals surface area contributed by atoms with E-state index in [9.17, 15) is 23.1 Å². The summed E-state index contributed by atoms with van der Waals surface area (Å²) in [7, 11) is -2.27. The van der Waals surface area contributed by atoms with E-state index in [1.54, 1.807) is 50.9 Å². The van der Waals surface area contributed by atoms with Crippen molar-refractivity contribution in [2.75, 3.05) is 36.8 Å². The highest BCUT2D eigenvalue weighted by Gasteiger charge is 2.34. The second kappa shape index (κ2) is 12.2. The highest BCUT2D eigenvalue weighted by molar-refractivity contribution is 7.92. The van der Waals surface area contributed by atoms with Gasteiger partial charge < -0.3 is 29.5 Å². The van der Waals surface area contributed by atoms with Gasteiger partial charge in [0.25, 0.3) is 15.9 Å². The number of fused-ring (bicyclic) bond motifs is 1. The molecule has 0 aliphatic carbocycles. The summed E-state index contributed by atoms with van der Waals surface area (Å²) >= 11 is 0. The summed E-state index contributed by atoms with van der Waals surface area (Å²) in [5.41, 5.74) is 1.37. The average molecular weight is 586 g/mol. The van der Waals surface area contributed by atoms with Crippen molar-refractivity contribution in [3.63, 3.8) is 0 Å². The smallest absolute Gasteiger partial charge is 0.321 e. The van der Waals surface area contributed by atoms with Crippen molar-refractivity contribution in [1.82, 2.24) is 15.0 Å². The number of urea groups is 1. The number of hydrogen-bond donors (Lipinski definition) is 3. The van der Waals surface area contributed by atoms with Gasteiger partial charge in [-0.15, -0.1) is 0 Å². The van der Waals surface area contributed by atoms with Crippen LogP contribution in [0.5, 0.6) is 5.75 Å². The molecular weight excluding hydrogens is 550 g/mol. The van der Waals surface area contributed by atoms with Crippen LogP contribution in [0.1, 0.15) is 35.7 Å². The van der Waals surface area contributed by atoms with Gasteiger partial charge in [-0.2, -0.15) is 0 Å². The Morgan fingerprint density at radius 3 is 2.56 bits per heavy atom. The molecule has 0 saturated carbocycles. The van der Waals surface area contributed by atoms with Gasteiger partial charge in [-0.1, -0.05) is 30.3 Å². The highest BCUT2D eigenvalue weighted by Crippen LogP contribution is 2.31. The maximum Gasteiger partial charge on any atom is 0.321 e. The fraction of sp³-hybridized carbons (Fsp3) is 0.393. The number of nitrogens with zero attached hydrogens (tertiary/aromatic N) is 3. The number of amides is 3. The molecule has 3 aromatic rings. The van der Waals surface area contributed by atoms with Crippen LogP contribution in [-0.4, -0.2) is 79.3 Å². The first kappa shape index (κ1) is 29.9. The second-order valence-electron chi connectivity index (χ2n) is 10.3. The van der Waals surface area contributed by atoms with Gasteiger partial charge in [-0.25, -0.2) is 13.2 Å². The molecular formula is C28H35N5O7S. The second-order valence-corrected chi connectivity index (χ2v) is 11.9. The first-order valence-electron chi connectivity index (χ1n) is 13.2. The molecule has 1 aliphatic heterocycles. The summed E-state index contributed by atoms with van der Waals surface area (Å²) in [6.45, 7) is 7.21. The van der Waals surface area contributed by atoms with Crippen molar-refractivity contribution >= 4 is 33.3 Å². The molecule has 3 amide bonds. The number of benzene rings is 2. The van der Waals surface area contributed by atoms with Gasteiger partial charge in [-0.05, 0) is 51.1 Å². The van der Waals surface area contributed by atoms with E-state index < -0.39 is 28.1 Å². The van der Waals surface area contributed by atoms with Crippen LogP contribution >= 0.6 is 0 Å². The van der Waals surface area contributed by atoms with Crippen molar-refractivity contribution in [2.45, 2.75) is 44.7 Å². The molecule has 1 aromatic heterocycles. The number of rotatable bonds is 8. The van der Waals surface area contributed by atoms with Crippen molar-refractivity contribution in [3.8, 4) is 5.75 Å². The number of aryl methyl sites for hydroxylation is 2. The third kappa shape index (κ3) is 6.63. The summed E-state index contributed by atoms with van der Waals surface area (Å²) in [6, 6.07) is 11.5. The lowest BCUT2D eigenvalue weighted by Crippen LogP contribution is -2.50. The monoisotopic (exact) mass is 585 g/mol. The fourth-order valence-corrected chi connectivity index (χ4v) is 5.60. The Bertz CT molecular complexity index is 1490. The Kier molecular flexibility index (Phi) is 8.88. The first-order chi connectivity index (χ1) is 19.4. The third-order valence-electron chi connectivity index (χ3n) is 7.04. The van der Waals surface area contributed by atoms with Crippen LogP contribution in [0.2, 0.25) is 0 Å². The average Bonchev–Trinajstić information content (AvgIpc) is 3.27. The number of aliphatic hydroxyl groups excluding tert-OH is 1. The highest BCUT2D eigenvalue weighted by atomic mass is 32.2. The molecule has 3 atom stereocenters. The van der Waals surface area contributed by atoms with E-state index in [-0.39, 0.29) is 53.5 Å². The van der Waals surface area contributed by atoms with Crippen LogP contribution in [0.15, 0.2) is 57.9 Å². The largest absolute Gasteiger partial charge is 0.487 e. The minimum absolute atomic E-state index is 0.0802. The number of anilines is 2. The lowest BCUT2D eigenvalue weighted by Gasteiger charge is -2.38. The summed E-state index contributed by atoms with van der Waals surface area (Å²) < 4.78 is 39.8. The number of aromatic nitrogens is 1.